The molecule has 2 aliphatic rings. The van der Waals surface area contributed by atoms with Crippen molar-refractivity contribution in [1.82, 2.24) is 5.32 Å². The number of hydrogen-bond acceptors (Lipinski definition) is 8. The molecule has 1 aliphatic carbocycles. The van der Waals surface area contributed by atoms with E-state index < -0.39 is 11.9 Å². The van der Waals surface area contributed by atoms with Crippen LogP contribution in [0, 0.1) is 0 Å². The molecule has 3 heterocycles. The van der Waals surface area contributed by atoms with Crippen LogP contribution in [0.25, 0.3) is 11.0 Å². The Bertz CT molecular complexity index is 1700. The van der Waals surface area contributed by atoms with Crippen molar-refractivity contribution in [2.45, 2.75) is 31.6 Å². The molecule has 0 radical (unpaired) electrons. The molecule has 202 valence electrons. The van der Waals surface area contributed by atoms with E-state index in [-0.39, 0.29) is 41.5 Å². The van der Waals surface area contributed by atoms with Gasteiger partial charge in [-0.3, -0.25) is 9.59 Å². The summed E-state index contributed by atoms with van der Waals surface area (Å²) in [6.07, 6.45) is 2.27. The van der Waals surface area contributed by atoms with Gasteiger partial charge in [-0.1, -0.05) is 36.4 Å². The Balaban J connectivity index is 1.36. The van der Waals surface area contributed by atoms with Gasteiger partial charge in [-0.15, -0.1) is 11.3 Å². The Morgan fingerprint density at radius 2 is 1.80 bits per heavy atom. The van der Waals surface area contributed by atoms with Gasteiger partial charge in [0.1, 0.15) is 24.5 Å². The number of fused-ring (bicyclic) bond motifs is 1. The molecule has 2 aromatic carbocycles. The second kappa shape index (κ2) is 11.0. The Kier molecular flexibility index (Phi) is 7.09. The lowest BCUT2D eigenvalue weighted by atomic mass is 9.73. The summed E-state index contributed by atoms with van der Waals surface area (Å²) in [7, 11) is 0. The molecule has 0 saturated heterocycles. The average molecular weight is 554 g/mol. The van der Waals surface area contributed by atoms with E-state index in [1.165, 1.54) is 6.26 Å². The quantitative estimate of drug-likeness (QED) is 0.227. The van der Waals surface area contributed by atoms with Crippen LogP contribution in [0.3, 0.4) is 0 Å². The van der Waals surface area contributed by atoms with Crippen molar-refractivity contribution < 1.29 is 23.5 Å². The van der Waals surface area contributed by atoms with Crippen molar-refractivity contribution in [3.8, 4) is 5.75 Å². The smallest absolute Gasteiger partial charge is 0.336 e. The summed E-state index contributed by atoms with van der Waals surface area (Å²) in [5.74, 6) is -0.919. The third-order valence-electron chi connectivity index (χ3n) is 7.34. The number of ether oxygens (including phenoxy) is 2. The minimum absolute atomic E-state index is 0.00383. The SMILES string of the molecule is CC1=C(C(=O)OCCOc2ccccc2)C(c2coc3ccccc3c2=O)C2=C(CC(c3cccs3)CC2=O)N1. The van der Waals surface area contributed by atoms with Crippen LogP contribution in [0.5, 0.6) is 5.75 Å². The number of nitrogens with one attached hydrogen (secondary N) is 1. The maximum Gasteiger partial charge on any atom is 0.336 e. The average Bonchev–Trinajstić information content (AvgIpc) is 3.51. The molecule has 0 spiro atoms. The molecule has 0 amide bonds. The molecule has 7 nitrogen and oxygen atoms in total. The number of dihydropyridines is 1. The molecule has 2 unspecified atom stereocenters. The normalized spacial score (nSPS) is 18.9. The molecule has 0 saturated carbocycles. The van der Waals surface area contributed by atoms with Crippen molar-refractivity contribution >= 4 is 34.1 Å². The number of carbonyl (C=O) groups is 2. The fourth-order valence-electron chi connectivity index (χ4n) is 5.53. The van der Waals surface area contributed by atoms with E-state index in [9.17, 15) is 14.4 Å². The van der Waals surface area contributed by atoms with Crippen molar-refractivity contribution in [2.75, 3.05) is 13.2 Å². The highest BCUT2D eigenvalue weighted by molar-refractivity contribution is 7.10. The topological polar surface area (TPSA) is 94.8 Å². The summed E-state index contributed by atoms with van der Waals surface area (Å²) in [6.45, 7) is 1.94. The highest BCUT2D eigenvalue weighted by Gasteiger charge is 2.43. The predicted octanol–water partition coefficient (Wildman–Crippen LogP) is 5.84. The molecule has 6 rings (SSSR count). The van der Waals surface area contributed by atoms with Gasteiger partial charge in [-0.25, -0.2) is 4.79 Å². The third kappa shape index (κ3) is 4.86. The number of benzene rings is 2. The molecule has 0 bridgehead atoms. The molecular formula is C32H27NO6S. The van der Waals surface area contributed by atoms with Gasteiger partial charge in [0.25, 0.3) is 0 Å². The van der Waals surface area contributed by atoms with Gasteiger partial charge < -0.3 is 19.2 Å². The monoisotopic (exact) mass is 553 g/mol. The van der Waals surface area contributed by atoms with Crippen molar-refractivity contribution in [3.05, 3.63) is 122 Å². The van der Waals surface area contributed by atoms with Crippen LogP contribution in [-0.4, -0.2) is 25.0 Å². The number of hydrogen-bond donors (Lipinski definition) is 1. The second-order valence-electron chi connectivity index (χ2n) is 9.85. The molecule has 1 N–H and O–H groups in total. The first-order valence-electron chi connectivity index (χ1n) is 13.1. The zero-order chi connectivity index (χ0) is 27.6. The number of rotatable bonds is 7. The maximum absolute atomic E-state index is 13.8. The number of allylic oxidation sites excluding steroid dienone is 3. The molecule has 40 heavy (non-hydrogen) atoms. The lowest BCUT2D eigenvalue weighted by molar-refractivity contribution is -0.140. The van der Waals surface area contributed by atoms with Crippen LogP contribution >= 0.6 is 11.3 Å². The van der Waals surface area contributed by atoms with Crippen LogP contribution < -0.4 is 15.5 Å². The Labute approximate surface area is 234 Å². The summed E-state index contributed by atoms with van der Waals surface area (Å²) < 4.78 is 17.1. The first kappa shape index (κ1) is 25.8. The van der Waals surface area contributed by atoms with E-state index in [1.54, 1.807) is 42.5 Å². The van der Waals surface area contributed by atoms with E-state index in [2.05, 4.69) is 5.32 Å². The predicted molar refractivity (Wildman–Crippen MR) is 152 cm³/mol. The van der Waals surface area contributed by atoms with Crippen molar-refractivity contribution in [3.63, 3.8) is 0 Å². The Morgan fingerprint density at radius 3 is 2.60 bits per heavy atom. The van der Waals surface area contributed by atoms with Gasteiger partial charge >= 0.3 is 5.97 Å². The van der Waals surface area contributed by atoms with Crippen LogP contribution in [0.1, 0.15) is 42.0 Å². The molecule has 1 aliphatic heterocycles. The minimum Gasteiger partial charge on any atom is -0.490 e. The molecular weight excluding hydrogens is 526 g/mol. The largest absolute Gasteiger partial charge is 0.490 e. The molecule has 4 aromatic rings. The summed E-state index contributed by atoms with van der Waals surface area (Å²) in [4.78, 5) is 42.2. The lowest BCUT2D eigenvalue weighted by Gasteiger charge is -2.36. The third-order valence-corrected chi connectivity index (χ3v) is 8.37. The van der Waals surface area contributed by atoms with Crippen LogP contribution in [-0.2, 0) is 14.3 Å². The Morgan fingerprint density at radius 1 is 1.00 bits per heavy atom. The minimum atomic E-state index is -0.906. The molecule has 0 fully saturated rings. The van der Waals surface area contributed by atoms with Gasteiger partial charge in [0.05, 0.1) is 23.1 Å². The Hall–Kier alpha value is -4.43. The van der Waals surface area contributed by atoms with Crippen LogP contribution in [0.15, 0.2) is 110 Å². The summed E-state index contributed by atoms with van der Waals surface area (Å²) in [5.41, 5.74) is 2.33. The highest BCUT2D eigenvalue weighted by atomic mass is 32.1. The second-order valence-corrected chi connectivity index (χ2v) is 10.8. The number of para-hydroxylation sites is 2. The zero-order valence-corrected chi connectivity index (χ0v) is 22.7. The van der Waals surface area contributed by atoms with Crippen molar-refractivity contribution in [2.24, 2.45) is 0 Å². The zero-order valence-electron chi connectivity index (χ0n) is 21.8. The van der Waals surface area contributed by atoms with E-state index in [0.717, 1.165) is 10.6 Å². The standard InChI is InChI=1S/C32H27NO6S/c1-19-28(32(36)38-14-13-37-21-8-3-2-4-9-21)29(23-18-39-26-11-6-5-10-22(26)31(23)35)30-24(33-19)16-20(17-25(30)34)27-12-7-15-40-27/h2-12,15,18,20,29,33H,13-14,16-17H2,1H3. The number of carbonyl (C=O) groups excluding carboxylic acids is 2. The van der Waals surface area contributed by atoms with Crippen LogP contribution in [0.2, 0.25) is 0 Å². The highest BCUT2D eigenvalue weighted by Crippen LogP contribution is 2.45. The maximum atomic E-state index is 13.8. The summed E-state index contributed by atoms with van der Waals surface area (Å²) >= 11 is 1.62. The molecule has 2 atom stereocenters. The van der Waals surface area contributed by atoms with Gasteiger partial charge in [0.15, 0.2) is 11.2 Å². The fraction of sp³-hybridized carbons (Fsp3) is 0.219. The first-order valence-corrected chi connectivity index (χ1v) is 14.0. The van der Waals surface area contributed by atoms with Gasteiger partial charge in [0, 0.05) is 39.7 Å². The molecule has 2 aromatic heterocycles. The summed E-state index contributed by atoms with van der Waals surface area (Å²) in [5, 5.41) is 5.72. The number of Topliss-reactive ketones (excluding diaryl/α,β-unsaturated/α-hetero) is 1. The van der Waals surface area contributed by atoms with E-state index in [4.69, 9.17) is 13.9 Å². The number of esters is 1. The summed E-state index contributed by atoms with van der Waals surface area (Å²) in [6, 6.07) is 20.2. The number of thiophene rings is 1. The van der Waals surface area contributed by atoms with Crippen molar-refractivity contribution in [1.29, 1.82) is 0 Å². The van der Waals surface area contributed by atoms with E-state index >= 15 is 0 Å². The van der Waals surface area contributed by atoms with Gasteiger partial charge in [0.2, 0.25) is 0 Å². The van der Waals surface area contributed by atoms with Gasteiger partial charge in [-0.2, -0.15) is 0 Å². The van der Waals surface area contributed by atoms with E-state index in [0.29, 0.717) is 40.8 Å². The fourth-order valence-corrected chi connectivity index (χ4v) is 6.36. The molecule has 8 heteroatoms. The number of ketones is 1. The first-order chi connectivity index (χ1) is 19.5. The lowest BCUT2D eigenvalue weighted by Crippen LogP contribution is -2.37. The van der Waals surface area contributed by atoms with E-state index in [1.807, 2.05) is 47.8 Å². The van der Waals surface area contributed by atoms with Crippen LogP contribution in [0.4, 0.5) is 0 Å². The van der Waals surface area contributed by atoms with Gasteiger partial charge in [-0.05, 0) is 49.1 Å².